The zero-order valence-corrected chi connectivity index (χ0v) is 18.4. The molecule has 0 spiro atoms. The van der Waals surface area contributed by atoms with Gasteiger partial charge in [0.1, 0.15) is 24.7 Å². The van der Waals surface area contributed by atoms with Crippen molar-refractivity contribution in [2.75, 3.05) is 13.2 Å². The van der Waals surface area contributed by atoms with Gasteiger partial charge in [0, 0.05) is 24.0 Å². The lowest BCUT2D eigenvalue weighted by molar-refractivity contribution is -0.122. The fourth-order valence-corrected chi connectivity index (χ4v) is 2.60. The Morgan fingerprint density at radius 3 is 1.61 bits per heavy atom. The molecule has 0 fully saturated rings. The van der Waals surface area contributed by atoms with Gasteiger partial charge in [-0.05, 0) is 30.7 Å². The Labute approximate surface area is 193 Å². The number of nitrogens with one attached hydrogen (secondary N) is 2. The van der Waals surface area contributed by atoms with E-state index in [4.69, 9.17) is 9.47 Å². The van der Waals surface area contributed by atoms with Gasteiger partial charge in [-0.15, -0.1) is 0 Å². The molecule has 0 saturated heterocycles. The quantitative estimate of drug-likeness (QED) is 0.262. The number of nitrogens with zero attached hydrogens (tertiary/aromatic N) is 2. The minimum absolute atomic E-state index is 0.154. The summed E-state index contributed by atoms with van der Waals surface area (Å²) in [6.07, 6.45) is 6.98. The van der Waals surface area contributed by atoms with Crippen molar-refractivity contribution in [1.29, 1.82) is 0 Å². The highest BCUT2D eigenvalue weighted by Gasteiger charge is 2.05. The molecule has 2 N–H and O–H groups in total. The van der Waals surface area contributed by atoms with E-state index in [-0.39, 0.29) is 24.7 Å². The minimum atomic E-state index is -0.291. The van der Waals surface area contributed by atoms with Crippen molar-refractivity contribution in [3.05, 3.63) is 85.0 Å². The van der Waals surface area contributed by atoms with Gasteiger partial charge in [0.25, 0.3) is 0 Å². The first-order chi connectivity index (χ1) is 16.1. The highest BCUT2D eigenvalue weighted by molar-refractivity contribution is 5.86. The highest BCUT2D eigenvalue weighted by Crippen LogP contribution is 2.16. The Hall–Kier alpha value is -4.20. The maximum Gasteiger partial charge on any atom is 0.240 e. The van der Waals surface area contributed by atoms with Crippen molar-refractivity contribution >= 4 is 24.2 Å². The summed E-state index contributed by atoms with van der Waals surface area (Å²) in [6, 6.07) is 14.6. The lowest BCUT2D eigenvalue weighted by atomic mass is 10.2. The third-order valence-electron chi connectivity index (χ3n) is 4.14. The Morgan fingerprint density at radius 1 is 0.758 bits per heavy atom. The average Bonchev–Trinajstić information content (AvgIpc) is 2.83. The normalized spacial score (nSPS) is 10.7. The molecule has 2 amide bonds. The first-order valence-corrected chi connectivity index (χ1v) is 10.4. The van der Waals surface area contributed by atoms with E-state index in [1.807, 2.05) is 36.4 Å². The first-order valence-electron chi connectivity index (χ1n) is 10.4. The van der Waals surface area contributed by atoms with Gasteiger partial charge < -0.3 is 9.47 Å². The number of hydrazone groups is 2. The monoisotopic (exact) mass is 448 g/mol. The van der Waals surface area contributed by atoms with Crippen LogP contribution in [0.4, 0.5) is 0 Å². The summed E-state index contributed by atoms with van der Waals surface area (Å²) < 4.78 is 11.1. The molecule has 2 aromatic carbocycles. The highest BCUT2D eigenvalue weighted by atomic mass is 16.5. The summed E-state index contributed by atoms with van der Waals surface area (Å²) in [5, 5.41) is 7.90. The second-order valence-electron chi connectivity index (χ2n) is 6.71. The van der Waals surface area contributed by atoms with E-state index in [9.17, 15) is 9.59 Å². The van der Waals surface area contributed by atoms with Crippen LogP contribution < -0.4 is 20.3 Å². The van der Waals surface area contributed by atoms with E-state index in [2.05, 4.69) is 34.2 Å². The molecule has 172 valence electrons. The van der Waals surface area contributed by atoms with Crippen LogP contribution in [0.5, 0.6) is 11.5 Å². The molecule has 0 atom stereocenters. The van der Waals surface area contributed by atoms with Crippen molar-refractivity contribution in [2.45, 2.75) is 19.3 Å². The smallest absolute Gasteiger partial charge is 0.240 e. The molecule has 0 unspecified atom stereocenters. The number of benzene rings is 2. The molecule has 0 aliphatic carbocycles. The van der Waals surface area contributed by atoms with E-state index in [1.54, 1.807) is 24.3 Å². The van der Waals surface area contributed by atoms with Crippen LogP contribution >= 0.6 is 0 Å². The topological polar surface area (TPSA) is 101 Å². The molecular formula is C25H28N4O4. The largest absolute Gasteiger partial charge is 0.489 e. The molecule has 8 heteroatoms. The van der Waals surface area contributed by atoms with E-state index >= 15 is 0 Å². The van der Waals surface area contributed by atoms with Crippen LogP contribution in [0.1, 0.15) is 30.4 Å². The Kier molecular flexibility index (Phi) is 11.2. The lowest BCUT2D eigenvalue weighted by Gasteiger charge is -2.06. The van der Waals surface area contributed by atoms with Crippen molar-refractivity contribution in [2.24, 2.45) is 10.2 Å². The average molecular weight is 449 g/mol. The third-order valence-corrected chi connectivity index (χ3v) is 4.14. The number of amides is 2. The predicted octanol–water partition coefficient (Wildman–Crippen LogP) is 3.59. The maximum absolute atomic E-state index is 11.9. The number of rotatable bonds is 14. The summed E-state index contributed by atoms with van der Waals surface area (Å²) in [6.45, 7) is 7.98. The molecule has 2 rings (SSSR count). The fraction of sp³-hybridized carbons (Fsp3) is 0.200. The van der Waals surface area contributed by atoms with Crippen molar-refractivity contribution < 1.29 is 19.1 Å². The number of ether oxygens (including phenoxy) is 2. The molecule has 0 heterocycles. The standard InChI is InChI=1S/C25H28N4O4/c1-3-16-32-22-12-7-5-10-20(22)18-26-28-24(30)14-9-15-25(31)29-27-19-21-11-6-8-13-23(21)33-17-4-2/h3-8,10-13,18-19H,1-2,9,14-17H2,(H,28,30)(H,29,31). The van der Waals surface area contributed by atoms with Crippen molar-refractivity contribution in [3.8, 4) is 11.5 Å². The molecule has 2 aromatic rings. The molecule has 0 aliphatic heterocycles. The molecule has 0 aromatic heterocycles. The molecule has 0 radical (unpaired) electrons. The van der Waals surface area contributed by atoms with Gasteiger partial charge in [-0.2, -0.15) is 10.2 Å². The van der Waals surface area contributed by atoms with Gasteiger partial charge in [0.2, 0.25) is 11.8 Å². The summed E-state index contributed by atoms with van der Waals surface area (Å²) in [7, 11) is 0. The third kappa shape index (κ3) is 9.65. The zero-order chi connectivity index (χ0) is 23.7. The number of hydrogen-bond donors (Lipinski definition) is 2. The SMILES string of the molecule is C=CCOc1ccccc1C=NNC(=O)CCCC(=O)NN=Cc1ccccc1OCC=C. The van der Waals surface area contributed by atoms with Crippen LogP contribution in [0.3, 0.4) is 0 Å². The lowest BCUT2D eigenvalue weighted by Crippen LogP contribution is -2.20. The van der Waals surface area contributed by atoms with Crippen LogP contribution in [0.2, 0.25) is 0 Å². The summed E-state index contributed by atoms with van der Waals surface area (Å²) in [5.74, 6) is 0.700. The van der Waals surface area contributed by atoms with Crippen LogP contribution in [0.25, 0.3) is 0 Å². The molecule has 0 aliphatic rings. The number of hydrogen-bond acceptors (Lipinski definition) is 6. The van der Waals surface area contributed by atoms with Gasteiger partial charge in [-0.3, -0.25) is 9.59 Å². The van der Waals surface area contributed by atoms with Gasteiger partial charge in [0.15, 0.2) is 0 Å². The minimum Gasteiger partial charge on any atom is -0.489 e. The second kappa shape index (κ2) is 14.7. The summed E-state index contributed by atoms with van der Waals surface area (Å²) >= 11 is 0. The Morgan fingerprint density at radius 2 is 1.18 bits per heavy atom. The van der Waals surface area contributed by atoms with Crippen LogP contribution in [-0.4, -0.2) is 37.5 Å². The van der Waals surface area contributed by atoms with E-state index in [1.165, 1.54) is 12.4 Å². The Balaban J connectivity index is 1.71. The van der Waals surface area contributed by atoms with E-state index in [0.717, 1.165) is 11.1 Å². The second-order valence-corrected chi connectivity index (χ2v) is 6.71. The maximum atomic E-state index is 11.9. The number of para-hydroxylation sites is 2. The Bertz CT molecular complexity index is 922. The molecule has 0 saturated carbocycles. The van der Waals surface area contributed by atoms with Gasteiger partial charge in [-0.1, -0.05) is 49.6 Å². The van der Waals surface area contributed by atoms with Crippen molar-refractivity contribution in [3.63, 3.8) is 0 Å². The van der Waals surface area contributed by atoms with Crippen LogP contribution in [0, 0.1) is 0 Å². The number of carbonyl (C=O) groups is 2. The van der Waals surface area contributed by atoms with Gasteiger partial charge >= 0.3 is 0 Å². The predicted molar refractivity (Wildman–Crippen MR) is 130 cm³/mol. The summed E-state index contributed by atoms with van der Waals surface area (Å²) in [5.41, 5.74) is 6.36. The van der Waals surface area contributed by atoms with Gasteiger partial charge in [0.05, 0.1) is 12.4 Å². The van der Waals surface area contributed by atoms with Crippen molar-refractivity contribution in [1.82, 2.24) is 10.9 Å². The fourth-order valence-electron chi connectivity index (χ4n) is 2.60. The van der Waals surface area contributed by atoms with Crippen LogP contribution in [-0.2, 0) is 9.59 Å². The molecular weight excluding hydrogens is 420 g/mol. The van der Waals surface area contributed by atoms with Gasteiger partial charge in [-0.25, -0.2) is 10.9 Å². The summed E-state index contributed by atoms with van der Waals surface area (Å²) in [4.78, 5) is 23.9. The molecule has 0 bridgehead atoms. The van der Waals surface area contributed by atoms with Crippen LogP contribution in [0.15, 0.2) is 84.0 Å². The molecule has 8 nitrogen and oxygen atoms in total. The first kappa shape index (κ1) is 25.1. The number of carbonyl (C=O) groups excluding carboxylic acids is 2. The molecule has 33 heavy (non-hydrogen) atoms. The van der Waals surface area contributed by atoms with E-state index < -0.39 is 0 Å². The zero-order valence-electron chi connectivity index (χ0n) is 18.4. The van der Waals surface area contributed by atoms with E-state index in [0.29, 0.717) is 31.1 Å².